The van der Waals surface area contributed by atoms with Crippen molar-refractivity contribution in [2.75, 3.05) is 0 Å². The topological polar surface area (TPSA) is 19.4 Å². The molecule has 5 heterocycles. The molecule has 0 radical (unpaired) electrons. The molecule has 5 heteroatoms. The second-order valence-corrected chi connectivity index (χ2v) is 35.7. The molecule has 0 amide bonds. The van der Waals surface area contributed by atoms with E-state index in [1.54, 1.807) is 11.1 Å². The first-order valence-corrected chi connectivity index (χ1v) is 44.1. The molecule has 123 heavy (non-hydrogen) atoms. The van der Waals surface area contributed by atoms with Crippen molar-refractivity contribution < 1.29 is 26.9 Å². The quantitative estimate of drug-likeness (QED) is 0.115. The molecular formula is C118H134N5+5. The van der Waals surface area contributed by atoms with Gasteiger partial charge in [0, 0.05) is 120 Å². The van der Waals surface area contributed by atoms with Crippen LogP contribution < -0.4 is 22.8 Å². The standard InChI is InChI=1S/C25H30N.C24H26N.3C23H26N/c1-16(2)21-11-12-22(20(6)14-21)24-9-8-10-25(26(24)7)23-15-18(4)17(3)13-19(23)5;1-17-9-4-7-12-21(17)23-13-8-14-24(25(23)3)22-16-20-11-6-5-10-19(20)15-18(22)2;1-15-10-11-16(2)20(12-15)22-8-7-9-23(24(22)6)21-14-18(4)17(3)13-19(21)5;2*1-15-11-22(20-10-8-7-9-16(20)2)24(6)23(12-15)21-14-18(4)17(3)13-19(21)5/h8-16H,1-7H3;4,7-9,12-16H,5-6,10-11H2,1-3H3;3*7-14H,1-6H3/q5*+1/i;;;3D3;. The lowest BCUT2D eigenvalue weighted by Crippen LogP contribution is -2.34. The number of aromatic nitrogens is 5. The lowest BCUT2D eigenvalue weighted by Gasteiger charge is -2.18. The SMILES string of the molecule is Cc1cc(-c2ccccc2C)[n+](C)c(-c2cc(C)c(C)cc2C)c1.Cc1cc(C)c(-c2cccc(-c3ccc(C(C)C)cc3C)[n+]2C)cc1C.Cc1ccc(C)c(-c2cccc(-c3cc(C)c(C)cc3C)[n+]2C)c1.Cc1ccccc1-c1cccc(-c2cc3c(cc2C)CCCC3)[n+]1C.[2H]C([2H])([2H])c1cc(C)c(-c2cc(C)cc(-c3ccccc3C)[n+]2C)cc1C. The van der Waals surface area contributed by atoms with Gasteiger partial charge < -0.3 is 0 Å². The van der Waals surface area contributed by atoms with Crippen molar-refractivity contribution in [3.63, 3.8) is 0 Å². The highest BCUT2D eigenvalue weighted by molar-refractivity contribution is 5.74. The van der Waals surface area contributed by atoms with Gasteiger partial charge in [0.05, 0.1) is 0 Å². The Bertz CT molecular complexity index is 6600. The maximum atomic E-state index is 7.76. The van der Waals surface area contributed by atoms with Gasteiger partial charge in [0.1, 0.15) is 35.2 Å². The van der Waals surface area contributed by atoms with Gasteiger partial charge in [-0.05, 0) is 384 Å². The fourth-order valence-corrected chi connectivity index (χ4v) is 17.9. The molecule has 626 valence electrons. The van der Waals surface area contributed by atoms with Gasteiger partial charge in [-0.2, -0.15) is 22.8 Å². The van der Waals surface area contributed by atoms with Gasteiger partial charge in [-0.1, -0.05) is 129 Å². The highest BCUT2D eigenvalue weighted by Gasteiger charge is 2.28. The van der Waals surface area contributed by atoms with Gasteiger partial charge in [-0.25, -0.2) is 0 Å². The van der Waals surface area contributed by atoms with E-state index in [9.17, 15) is 0 Å². The van der Waals surface area contributed by atoms with Crippen molar-refractivity contribution in [1.29, 1.82) is 0 Å². The third kappa shape index (κ3) is 20.2. The van der Waals surface area contributed by atoms with Gasteiger partial charge in [0.2, 0.25) is 56.9 Å². The number of pyridine rings is 5. The van der Waals surface area contributed by atoms with E-state index in [2.05, 4.69) is 433 Å². The van der Waals surface area contributed by atoms with Crippen LogP contribution in [-0.4, -0.2) is 0 Å². The van der Waals surface area contributed by atoms with Crippen LogP contribution in [0.1, 0.15) is 170 Å². The summed E-state index contributed by atoms with van der Waals surface area (Å²) in [6.07, 6.45) is 5.13. The minimum absolute atomic E-state index is 0.429. The molecule has 5 nitrogen and oxygen atoms in total. The van der Waals surface area contributed by atoms with Gasteiger partial charge in [-0.15, -0.1) is 0 Å². The summed E-state index contributed by atoms with van der Waals surface area (Å²) in [6, 6.07) is 90.5. The van der Waals surface area contributed by atoms with Crippen LogP contribution in [0.2, 0.25) is 0 Å². The van der Waals surface area contributed by atoms with E-state index in [4.69, 9.17) is 4.11 Å². The fourth-order valence-electron chi connectivity index (χ4n) is 17.9. The van der Waals surface area contributed by atoms with E-state index in [0.29, 0.717) is 11.5 Å². The second-order valence-electron chi connectivity index (χ2n) is 35.7. The van der Waals surface area contributed by atoms with Crippen LogP contribution in [0, 0.1) is 145 Å². The van der Waals surface area contributed by atoms with E-state index in [-0.39, 0.29) is 0 Å². The van der Waals surface area contributed by atoms with Crippen molar-refractivity contribution in [2.24, 2.45) is 35.2 Å². The molecule has 15 aromatic rings. The van der Waals surface area contributed by atoms with Crippen molar-refractivity contribution in [3.8, 4) is 113 Å². The smallest absolute Gasteiger partial charge is 0.194 e. The Morgan fingerprint density at radius 1 is 0.203 bits per heavy atom. The monoisotopic (exact) mass is 1620 g/mol. The Hall–Kier alpha value is -12.1. The Balaban J connectivity index is 0.000000143. The minimum atomic E-state index is -2.09. The Morgan fingerprint density at radius 2 is 0.472 bits per heavy atom. The van der Waals surface area contributed by atoms with Crippen molar-refractivity contribution in [3.05, 3.63) is 382 Å². The first-order valence-electron chi connectivity index (χ1n) is 45.6. The summed E-state index contributed by atoms with van der Waals surface area (Å²) < 4.78 is 34.8. The highest BCUT2D eigenvalue weighted by Crippen LogP contribution is 2.37. The van der Waals surface area contributed by atoms with Crippen LogP contribution in [0.4, 0.5) is 0 Å². The number of aryl methyl sites for hydroxylation is 23. The van der Waals surface area contributed by atoms with Crippen LogP contribution in [0.5, 0.6) is 0 Å². The van der Waals surface area contributed by atoms with Gasteiger partial charge in [-0.3, -0.25) is 0 Å². The zero-order chi connectivity index (χ0) is 91.2. The van der Waals surface area contributed by atoms with E-state index >= 15 is 0 Å². The summed E-state index contributed by atoms with van der Waals surface area (Å²) >= 11 is 0. The first-order chi connectivity index (χ1) is 59.8. The number of rotatable bonds is 11. The van der Waals surface area contributed by atoms with Crippen LogP contribution >= 0.6 is 0 Å². The molecule has 0 spiro atoms. The molecule has 0 saturated heterocycles. The molecule has 16 rings (SSSR count). The molecule has 0 saturated carbocycles. The van der Waals surface area contributed by atoms with Crippen molar-refractivity contribution >= 4 is 0 Å². The predicted molar refractivity (Wildman–Crippen MR) is 523 cm³/mol. The average Bonchev–Trinajstić information content (AvgIpc) is 0.767. The van der Waals surface area contributed by atoms with Crippen LogP contribution in [0.3, 0.4) is 0 Å². The van der Waals surface area contributed by atoms with Gasteiger partial charge in [0.15, 0.2) is 0 Å². The summed E-state index contributed by atoms with van der Waals surface area (Å²) in [4.78, 5) is 0. The van der Waals surface area contributed by atoms with Crippen LogP contribution in [-0.2, 0) is 48.1 Å². The Morgan fingerprint density at radius 3 is 0.837 bits per heavy atom. The fraction of sp³-hybridized carbons (Fsp3) is 0.280. The molecule has 1 aliphatic rings. The number of hydrogen-bond donors (Lipinski definition) is 0. The lowest BCUT2D eigenvalue weighted by atomic mass is 9.87. The van der Waals surface area contributed by atoms with E-state index in [1.165, 1.54) is 227 Å². The van der Waals surface area contributed by atoms with Crippen molar-refractivity contribution in [1.82, 2.24) is 0 Å². The second kappa shape index (κ2) is 39.0. The molecule has 0 bridgehead atoms. The summed E-state index contributed by atoms with van der Waals surface area (Å²) in [5, 5.41) is 0. The zero-order valence-electron chi connectivity index (χ0n) is 81.8. The molecule has 5 aromatic heterocycles. The molecule has 0 aliphatic heterocycles. The molecular weight excluding hydrogens is 1490 g/mol. The van der Waals surface area contributed by atoms with Crippen molar-refractivity contribution in [2.45, 2.75) is 191 Å². The molecule has 0 unspecified atom stereocenters. The number of nitrogens with zero attached hydrogens (tertiary/aromatic N) is 5. The summed E-state index contributed by atoms with van der Waals surface area (Å²) in [7, 11) is 10.8. The van der Waals surface area contributed by atoms with E-state index in [1.807, 2.05) is 26.0 Å². The summed E-state index contributed by atoms with van der Waals surface area (Å²) in [5.41, 5.74) is 55.6. The molecule has 1 aliphatic carbocycles. The molecule has 10 aromatic carbocycles. The first kappa shape index (κ1) is 85.9. The lowest BCUT2D eigenvalue weighted by molar-refractivity contribution is -0.649. The maximum Gasteiger partial charge on any atom is 0.213 e. The third-order valence-corrected chi connectivity index (χ3v) is 25.9. The average molecular weight is 1630 g/mol. The van der Waals surface area contributed by atoms with Crippen LogP contribution in [0.25, 0.3) is 113 Å². The number of benzene rings is 10. The maximum absolute atomic E-state index is 7.76. The largest absolute Gasteiger partial charge is 0.213 e. The molecule has 0 fully saturated rings. The minimum Gasteiger partial charge on any atom is -0.194 e. The zero-order valence-corrected chi connectivity index (χ0v) is 78.8. The highest BCUT2D eigenvalue weighted by atomic mass is 15.0. The number of fused-ring (bicyclic) bond motifs is 1. The Kier molecular flexibility index (Phi) is 27.2. The van der Waals surface area contributed by atoms with Gasteiger partial charge in [0.25, 0.3) is 0 Å². The number of hydrogen-bond acceptors (Lipinski definition) is 0. The molecule has 0 N–H and O–H groups in total. The molecule has 0 atom stereocenters. The Labute approximate surface area is 743 Å². The summed E-state index contributed by atoms with van der Waals surface area (Å²) in [5.74, 6) is 0.556. The van der Waals surface area contributed by atoms with Gasteiger partial charge >= 0.3 is 0 Å². The summed E-state index contributed by atoms with van der Waals surface area (Å²) in [6.45, 7) is 45.6. The van der Waals surface area contributed by atoms with E-state index in [0.717, 1.165) is 28.1 Å². The predicted octanol–water partition coefficient (Wildman–Crippen LogP) is 27.7. The third-order valence-electron chi connectivity index (χ3n) is 25.9. The van der Waals surface area contributed by atoms with Crippen LogP contribution in [0.15, 0.2) is 249 Å². The van der Waals surface area contributed by atoms with E-state index < -0.39 is 6.85 Å². The normalized spacial score (nSPS) is 12.0.